The smallest absolute Gasteiger partial charge is 0.271 e. The predicted octanol–water partition coefficient (Wildman–Crippen LogP) is 1.85. The fraction of sp³-hybridized carbons (Fsp3) is 0.379. The lowest BCUT2D eigenvalue weighted by Gasteiger charge is -2.38. The van der Waals surface area contributed by atoms with Crippen LogP contribution in [0, 0.1) is 0 Å². The number of H-pyrrole nitrogens is 1. The zero-order valence-electron chi connectivity index (χ0n) is 23.0. The van der Waals surface area contributed by atoms with Crippen LogP contribution in [-0.2, 0) is 22.6 Å². The van der Waals surface area contributed by atoms with Gasteiger partial charge in [-0.15, -0.1) is 0 Å². The molecule has 4 bridgehead atoms. The topological polar surface area (TPSA) is 144 Å². The van der Waals surface area contributed by atoms with Gasteiger partial charge in [0.25, 0.3) is 11.8 Å². The van der Waals surface area contributed by atoms with Crippen LogP contribution in [0.3, 0.4) is 0 Å². The number of methoxy groups -OCH3 is 2. The highest BCUT2D eigenvalue weighted by atomic mass is 16.5. The number of rotatable bonds is 3. The number of benzene rings is 2. The lowest BCUT2D eigenvalue weighted by molar-refractivity contribution is -0.125. The van der Waals surface area contributed by atoms with E-state index in [4.69, 9.17) is 18.9 Å². The minimum absolute atomic E-state index is 0.109. The van der Waals surface area contributed by atoms with Crippen LogP contribution in [0.15, 0.2) is 48.9 Å². The number of piperidine rings is 1. The van der Waals surface area contributed by atoms with Crippen LogP contribution in [0.5, 0.6) is 23.0 Å². The van der Waals surface area contributed by atoms with Crippen molar-refractivity contribution < 1.29 is 33.3 Å². The third kappa shape index (κ3) is 6.71. The van der Waals surface area contributed by atoms with E-state index in [1.54, 1.807) is 36.3 Å². The lowest BCUT2D eigenvalue weighted by atomic mass is 10.0. The number of hydrogen-bond donors (Lipinski definition) is 3. The highest BCUT2D eigenvalue weighted by Crippen LogP contribution is 2.30. The first-order valence-electron chi connectivity index (χ1n) is 13.4. The summed E-state index contributed by atoms with van der Waals surface area (Å²) in [6, 6.07) is 10.3. The maximum atomic E-state index is 13.1. The number of imidazole rings is 1. The fourth-order valence-electron chi connectivity index (χ4n) is 4.98. The van der Waals surface area contributed by atoms with Crippen LogP contribution < -0.4 is 29.6 Å². The summed E-state index contributed by atoms with van der Waals surface area (Å²) >= 11 is 0. The lowest BCUT2D eigenvalue weighted by Crippen LogP contribution is -2.58. The summed E-state index contributed by atoms with van der Waals surface area (Å²) in [4.78, 5) is 47.2. The number of carbonyl (C=O) groups is 3. The Labute approximate surface area is 237 Å². The van der Waals surface area contributed by atoms with Gasteiger partial charge in [-0.25, -0.2) is 4.98 Å². The Bertz CT molecular complexity index is 1390. The maximum Gasteiger partial charge on any atom is 0.271 e. The van der Waals surface area contributed by atoms with E-state index in [0.717, 1.165) is 11.1 Å². The van der Waals surface area contributed by atoms with Gasteiger partial charge in [-0.3, -0.25) is 14.4 Å². The number of carbonyl (C=O) groups excluding carboxylic acids is 3. The second kappa shape index (κ2) is 12.6. The molecule has 2 aromatic carbocycles. The van der Waals surface area contributed by atoms with Crippen molar-refractivity contribution in [1.29, 1.82) is 0 Å². The van der Waals surface area contributed by atoms with Crippen LogP contribution >= 0.6 is 0 Å². The molecule has 1 fully saturated rings. The molecule has 1 saturated heterocycles. The molecule has 0 unspecified atom stereocenters. The Balaban J connectivity index is 1.42. The molecule has 3 N–H and O–H groups in total. The average Bonchev–Trinajstić information content (AvgIpc) is 3.53. The van der Waals surface area contributed by atoms with Gasteiger partial charge < -0.3 is 39.5 Å². The molecule has 216 valence electrons. The van der Waals surface area contributed by atoms with E-state index in [0.29, 0.717) is 54.6 Å². The van der Waals surface area contributed by atoms with E-state index >= 15 is 0 Å². The maximum absolute atomic E-state index is 13.1. The number of likely N-dealkylation sites (tertiary alicyclic amines) is 1. The van der Waals surface area contributed by atoms with Crippen LogP contribution in [0.2, 0.25) is 0 Å². The number of aromatic nitrogens is 2. The zero-order chi connectivity index (χ0) is 28.8. The molecular formula is C29H33N5O7. The summed E-state index contributed by atoms with van der Waals surface area (Å²) in [5.41, 5.74) is 2.04. The molecule has 6 rings (SSSR count). The Morgan fingerprint density at radius 1 is 1.05 bits per heavy atom. The van der Waals surface area contributed by atoms with Crippen molar-refractivity contribution in [3.05, 3.63) is 65.7 Å². The van der Waals surface area contributed by atoms with Gasteiger partial charge in [-0.1, -0.05) is 6.07 Å². The van der Waals surface area contributed by atoms with E-state index < -0.39 is 12.1 Å². The minimum atomic E-state index is -0.521. The molecule has 1 aromatic heterocycles. The molecule has 0 spiro atoms. The van der Waals surface area contributed by atoms with Crippen molar-refractivity contribution in [2.75, 3.05) is 33.9 Å². The second-order valence-corrected chi connectivity index (χ2v) is 9.86. The molecule has 0 saturated carbocycles. The standard InChI is InChI=1S/C29H33N5O7/c1-38-24-7-3-18-4-8-27(35)31-13-19-5-6-20(12-25(19)39-2)41-23-9-10-34(29(37)21-14-30-17-32-21)15-22(23)33-28(36)16-40-26(24)11-18/h3,5-7,11-12,14,17,22-23H,4,8-10,13,15-16H2,1-2H3,(H,30,32)(H,31,35)(H,33,36)/t22-,23+/m1/s1. The number of ether oxygens (including phenoxy) is 4. The monoisotopic (exact) mass is 563 g/mol. The fourth-order valence-corrected chi connectivity index (χ4v) is 4.98. The quantitative estimate of drug-likeness (QED) is 0.438. The van der Waals surface area contributed by atoms with Crippen molar-refractivity contribution in [1.82, 2.24) is 25.5 Å². The molecule has 2 atom stereocenters. The molecule has 12 heteroatoms. The van der Waals surface area contributed by atoms with Gasteiger partial charge >= 0.3 is 0 Å². The van der Waals surface area contributed by atoms with Gasteiger partial charge in [0.15, 0.2) is 18.1 Å². The molecule has 4 heterocycles. The number of amides is 3. The van der Waals surface area contributed by atoms with Crippen molar-refractivity contribution in [3.8, 4) is 23.0 Å². The largest absolute Gasteiger partial charge is 0.496 e. The van der Waals surface area contributed by atoms with Crippen LogP contribution in [0.1, 0.15) is 34.5 Å². The summed E-state index contributed by atoms with van der Waals surface area (Å²) < 4.78 is 23.2. The van der Waals surface area contributed by atoms with E-state index in [-0.39, 0.29) is 37.3 Å². The zero-order valence-corrected chi connectivity index (χ0v) is 23.0. The van der Waals surface area contributed by atoms with Gasteiger partial charge in [-0.2, -0.15) is 0 Å². The molecule has 0 radical (unpaired) electrons. The van der Waals surface area contributed by atoms with Crippen molar-refractivity contribution >= 4 is 17.7 Å². The van der Waals surface area contributed by atoms with Gasteiger partial charge in [0.2, 0.25) is 5.91 Å². The Morgan fingerprint density at radius 3 is 2.68 bits per heavy atom. The number of fused-ring (bicyclic) bond motifs is 9. The van der Waals surface area contributed by atoms with Crippen LogP contribution in [-0.4, -0.2) is 78.7 Å². The molecule has 12 nitrogen and oxygen atoms in total. The molecule has 0 aliphatic carbocycles. The Kier molecular flexibility index (Phi) is 8.56. The highest BCUT2D eigenvalue weighted by Gasteiger charge is 2.35. The SMILES string of the molecule is COc1cc2ccc1CNC(=O)CCc1ccc(OC)c(c1)OCC(=O)N[C@@H]1CN(C(=O)c3cnc[nH]3)CC[C@@H]1O2. The summed E-state index contributed by atoms with van der Waals surface area (Å²) in [6.07, 6.45) is 3.72. The Morgan fingerprint density at radius 2 is 1.90 bits per heavy atom. The van der Waals surface area contributed by atoms with Crippen molar-refractivity contribution in [3.63, 3.8) is 0 Å². The van der Waals surface area contributed by atoms with Gasteiger partial charge in [0.05, 0.1) is 32.8 Å². The number of nitrogens with one attached hydrogen (secondary N) is 3. The number of nitrogens with zero attached hydrogens (tertiary/aromatic N) is 2. The summed E-state index contributed by atoms with van der Waals surface area (Å²) in [7, 11) is 3.08. The van der Waals surface area contributed by atoms with E-state index in [9.17, 15) is 14.4 Å². The normalized spacial score (nSPS) is 19.7. The second-order valence-electron chi connectivity index (χ2n) is 9.86. The van der Waals surface area contributed by atoms with Gasteiger partial charge in [0, 0.05) is 44.1 Å². The number of aromatic amines is 1. The minimum Gasteiger partial charge on any atom is -0.496 e. The van der Waals surface area contributed by atoms with Crippen molar-refractivity contribution in [2.45, 2.75) is 38.0 Å². The van der Waals surface area contributed by atoms with E-state index in [2.05, 4.69) is 20.6 Å². The summed E-state index contributed by atoms with van der Waals surface area (Å²) in [5, 5.41) is 5.94. The summed E-state index contributed by atoms with van der Waals surface area (Å²) in [6.45, 7) is 0.678. The summed E-state index contributed by atoms with van der Waals surface area (Å²) in [5.74, 6) is 1.29. The molecule has 3 aliphatic heterocycles. The molecule has 3 aliphatic rings. The average molecular weight is 564 g/mol. The van der Waals surface area contributed by atoms with E-state index in [1.165, 1.54) is 19.6 Å². The molecule has 3 aromatic rings. The number of hydrogen-bond acceptors (Lipinski definition) is 8. The van der Waals surface area contributed by atoms with E-state index in [1.807, 2.05) is 12.1 Å². The van der Waals surface area contributed by atoms with Crippen LogP contribution in [0.25, 0.3) is 0 Å². The van der Waals surface area contributed by atoms with Gasteiger partial charge in [0.1, 0.15) is 23.3 Å². The highest BCUT2D eigenvalue weighted by molar-refractivity contribution is 5.92. The molecule has 3 amide bonds. The van der Waals surface area contributed by atoms with Crippen molar-refractivity contribution in [2.24, 2.45) is 0 Å². The van der Waals surface area contributed by atoms with Gasteiger partial charge in [-0.05, 0) is 36.2 Å². The van der Waals surface area contributed by atoms with Crippen LogP contribution in [0.4, 0.5) is 0 Å². The third-order valence-corrected chi connectivity index (χ3v) is 7.16. The first-order chi connectivity index (χ1) is 19.9. The third-order valence-electron chi connectivity index (χ3n) is 7.16. The molecule has 41 heavy (non-hydrogen) atoms. The predicted molar refractivity (Wildman–Crippen MR) is 147 cm³/mol. The first-order valence-corrected chi connectivity index (χ1v) is 13.4. The first kappa shape index (κ1) is 27.8. The Hall–Kier alpha value is -4.74. The number of aryl methyl sites for hydroxylation is 1. The molecular weight excluding hydrogens is 530 g/mol.